The molecule has 72 valence electrons. The van der Waals surface area contributed by atoms with Crippen molar-refractivity contribution in [2.24, 2.45) is 0 Å². The molecule has 0 saturated carbocycles. The van der Waals surface area contributed by atoms with Gasteiger partial charge in [0.1, 0.15) is 0 Å². The normalized spacial score (nSPS) is 12.8. The van der Waals surface area contributed by atoms with Crippen molar-refractivity contribution in [3.05, 3.63) is 12.1 Å². The van der Waals surface area contributed by atoms with E-state index in [0.717, 1.165) is 4.57 Å². The molecule has 13 heavy (non-hydrogen) atoms. The van der Waals surface area contributed by atoms with Crippen LogP contribution in [0.4, 0.5) is 0 Å². The Balaban J connectivity index is 2.87. The molecular weight excluding hydrogens is 210 g/mol. The van der Waals surface area contributed by atoms with Crippen LogP contribution in [0.1, 0.15) is 11.8 Å². The number of aromatic hydroxyl groups is 2. The Hall–Kier alpha value is -0.750. The van der Waals surface area contributed by atoms with E-state index < -0.39 is 5.37 Å². The van der Waals surface area contributed by atoms with Gasteiger partial charge < -0.3 is 10.2 Å². The summed E-state index contributed by atoms with van der Waals surface area (Å²) in [4.78, 5) is 10.6. The van der Waals surface area contributed by atoms with Crippen LogP contribution in [0.2, 0.25) is 0 Å². The molecule has 0 saturated heterocycles. The van der Waals surface area contributed by atoms with Crippen LogP contribution < -0.4 is 0 Å². The van der Waals surface area contributed by atoms with Crippen LogP contribution in [-0.4, -0.2) is 19.9 Å². The number of carbonyl (C=O) groups excluding carboxylic acids is 1. The van der Waals surface area contributed by atoms with Gasteiger partial charge >= 0.3 is 0 Å². The predicted octanol–water partition coefficient (Wildman–Crippen LogP) is 1.17. The monoisotopic (exact) mass is 219 g/mol. The van der Waals surface area contributed by atoms with Crippen molar-refractivity contribution in [2.45, 2.75) is 11.8 Å². The molecule has 0 aliphatic carbocycles. The number of hydrogen-bond donors (Lipinski definition) is 4. The van der Waals surface area contributed by atoms with E-state index in [-0.39, 0.29) is 23.3 Å². The third-order valence-corrected chi connectivity index (χ3v) is 2.13. The number of rotatable bonds is 3. The van der Waals surface area contributed by atoms with Crippen molar-refractivity contribution in [2.75, 3.05) is 0 Å². The van der Waals surface area contributed by atoms with Crippen molar-refractivity contribution < 1.29 is 15.0 Å². The second kappa shape index (κ2) is 3.97. The van der Waals surface area contributed by atoms with E-state index in [4.69, 9.17) is 0 Å². The zero-order valence-electron chi connectivity index (χ0n) is 6.58. The van der Waals surface area contributed by atoms with E-state index in [1.54, 1.807) is 0 Å². The van der Waals surface area contributed by atoms with Crippen LogP contribution in [0.5, 0.6) is 11.8 Å². The van der Waals surface area contributed by atoms with Gasteiger partial charge in [0.05, 0.1) is 5.37 Å². The SMILES string of the molecule is O=C(S)CC(S)n1c(O)ccc1O. The molecule has 1 aromatic heterocycles. The molecule has 0 aliphatic heterocycles. The zero-order valence-corrected chi connectivity index (χ0v) is 8.37. The minimum Gasteiger partial charge on any atom is -0.494 e. The summed E-state index contributed by atoms with van der Waals surface area (Å²) in [5, 5.41) is 17.5. The number of carbonyl (C=O) groups is 1. The third-order valence-electron chi connectivity index (χ3n) is 1.53. The van der Waals surface area contributed by atoms with Crippen LogP contribution in [0, 0.1) is 0 Å². The van der Waals surface area contributed by atoms with Gasteiger partial charge in [-0.05, 0) is 0 Å². The molecule has 0 spiro atoms. The molecule has 2 N–H and O–H groups in total. The lowest BCUT2D eigenvalue weighted by Crippen LogP contribution is -2.04. The number of aromatic nitrogens is 1. The standard InChI is InChI=1S/C7H9NO3S2/c9-4-1-2-5(10)8(4)6(12)3-7(11)13/h1-2,6,9-10,12H,3H2,(H,11,13). The second-order valence-corrected chi connectivity index (χ2v) is 3.59. The Morgan fingerprint density at radius 1 is 1.46 bits per heavy atom. The smallest absolute Gasteiger partial charge is 0.194 e. The van der Waals surface area contributed by atoms with E-state index in [1.165, 1.54) is 12.1 Å². The fourth-order valence-corrected chi connectivity index (χ4v) is 1.70. The van der Waals surface area contributed by atoms with E-state index in [2.05, 4.69) is 25.3 Å². The summed E-state index contributed by atoms with van der Waals surface area (Å²) in [5.74, 6) is -0.265. The second-order valence-electron chi connectivity index (χ2n) is 2.50. The summed E-state index contributed by atoms with van der Waals surface area (Å²) < 4.78 is 1.14. The molecule has 0 bridgehead atoms. The average molecular weight is 219 g/mol. The average Bonchev–Trinajstić information content (AvgIpc) is 2.29. The van der Waals surface area contributed by atoms with Gasteiger partial charge in [0.2, 0.25) is 0 Å². The van der Waals surface area contributed by atoms with Crippen LogP contribution in [0.3, 0.4) is 0 Å². The molecule has 1 unspecified atom stereocenters. The van der Waals surface area contributed by atoms with Gasteiger partial charge in [-0.15, -0.1) is 12.6 Å². The molecular formula is C7H9NO3S2. The highest BCUT2D eigenvalue weighted by molar-refractivity contribution is 7.96. The quantitative estimate of drug-likeness (QED) is 0.577. The Kier molecular flexibility index (Phi) is 3.16. The van der Waals surface area contributed by atoms with Crippen molar-refractivity contribution in [1.29, 1.82) is 0 Å². The van der Waals surface area contributed by atoms with Crippen molar-refractivity contribution in [1.82, 2.24) is 4.57 Å². The van der Waals surface area contributed by atoms with Crippen molar-refractivity contribution >= 4 is 30.4 Å². The highest BCUT2D eigenvalue weighted by Crippen LogP contribution is 2.30. The summed E-state index contributed by atoms with van der Waals surface area (Å²) in [6.45, 7) is 0. The predicted molar refractivity (Wildman–Crippen MR) is 54.4 cm³/mol. The highest BCUT2D eigenvalue weighted by atomic mass is 32.1. The Bertz CT molecular complexity index is 304. The molecule has 4 nitrogen and oxygen atoms in total. The largest absolute Gasteiger partial charge is 0.494 e. The summed E-state index contributed by atoms with van der Waals surface area (Å²) >= 11 is 7.61. The van der Waals surface area contributed by atoms with Crippen molar-refractivity contribution in [3.63, 3.8) is 0 Å². The topological polar surface area (TPSA) is 62.5 Å². The maximum atomic E-state index is 10.6. The fourth-order valence-electron chi connectivity index (χ4n) is 0.980. The molecule has 0 fully saturated rings. The molecule has 1 rings (SSSR count). The first kappa shape index (κ1) is 10.3. The summed E-state index contributed by atoms with van der Waals surface area (Å²) in [7, 11) is 0. The first-order valence-corrected chi connectivity index (χ1v) is 4.47. The summed E-state index contributed by atoms with van der Waals surface area (Å²) in [5.41, 5.74) is 0. The third kappa shape index (κ3) is 2.35. The van der Waals surface area contributed by atoms with E-state index >= 15 is 0 Å². The molecule has 1 atom stereocenters. The number of hydrogen-bond acceptors (Lipinski definition) is 4. The van der Waals surface area contributed by atoms with Gasteiger partial charge in [-0.25, -0.2) is 0 Å². The van der Waals surface area contributed by atoms with Crippen molar-refractivity contribution in [3.8, 4) is 11.8 Å². The molecule has 0 aromatic carbocycles. The van der Waals surface area contributed by atoms with Gasteiger partial charge in [-0.1, -0.05) is 0 Å². The summed E-state index contributed by atoms with van der Waals surface area (Å²) in [6.07, 6.45) is 0.0298. The minimum absolute atomic E-state index is 0.0298. The minimum atomic E-state index is -0.597. The van der Waals surface area contributed by atoms with Gasteiger partial charge in [-0.2, -0.15) is 12.6 Å². The van der Waals surface area contributed by atoms with Crippen LogP contribution in [-0.2, 0) is 4.79 Å². The number of nitrogens with zero attached hydrogens (tertiary/aromatic N) is 1. The number of thiol groups is 2. The molecule has 1 heterocycles. The Morgan fingerprint density at radius 3 is 2.31 bits per heavy atom. The fraction of sp³-hybridized carbons (Fsp3) is 0.286. The first-order valence-electron chi connectivity index (χ1n) is 3.51. The summed E-state index contributed by atoms with van der Waals surface area (Å²) in [6, 6.07) is 2.64. The van der Waals surface area contributed by atoms with Gasteiger partial charge in [-0.3, -0.25) is 9.36 Å². The Morgan fingerprint density at radius 2 is 1.92 bits per heavy atom. The van der Waals surface area contributed by atoms with Gasteiger partial charge in [0.15, 0.2) is 16.9 Å². The molecule has 0 aliphatic rings. The molecule has 0 amide bonds. The maximum Gasteiger partial charge on any atom is 0.194 e. The van der Waals surface area contributed by atoms with E-state index in [9.17, 15) is 15.0 Å². The maximum absolute atomic E-state index is 10.6. The zero-order chi connectivity index (χ0) is 10.0. The van der Waals surface area contributed by atoms with Gasteiger partial charge in [0.25, 0.3) is 0 Å². The van der Waals surface area contributed by atoms with Gasteiger partial charge in [0, 0.05) is 18.6 Å². The molecule has 1 aromatic rings. The van der Waals surface area contributed by atoms with Crippen LogP contribution >= 0.6 is 25.3 Å². The van der Waals surface area contributed by atoms with E-state index in [0.29, 0.717) is 0 Å². The lowest BCUT2D eigenvalue weighted by atomic mass is 10.4. The van der Waals surface area contributed by atoms with E-state index in [1.807, 2.05) is 0 Å². The molecule has 0 radical (unpaired) electrons. The first-order chi connectivity index (χ1) is 6.02. The Labute approximate surface area is 86.0 Å². The molecule has 6 heteroatoms. The van der Waals surface area contributed by atoms with Crippen LogP contribution in [0.25, 0.3) is 0 Å². The lowest BCUT2D eigenvalue weighted by molar-refractivity contribution is -0.111. The highest BCUT2D eigenvalue weighted by Gasteiger charge is 2.15. The lowest BCUT2D eigenvalue weighted by Gasteiger charge is -2.12. The van der Waals surface area contributed by atoms with Crippen LogP contribution in [0.15, 0.2) is 12.1 Å².